The molecule has 0 aliphatic carbocycles. The molecule has 3 rings (SSSR count). The van der Waals surface area contributed by atoms with E-state index in [9.17, 15) is 8.42 Å². The Morgan fingerprint density at radius 3 is 2.52 bits per heavy atom. The lowest BCUT2D eigenvalue weighted by atomic mass is 10.3. The Balaban J connectivity index is 1.77. The minimum Gasteiger partial charge on any atom is -0.360 e. The molecule has 1 aromatic carbocycles. The monoisotopic (exact) mass is 378 g/mol. The van der Waals surface area contributed by atoms with Crippen molar-refractivity contribution >= 4 is 38.8 Å². The molecular weight excluding hydrogens is 364 g/mol. The minimum absolute atomic E-state index is 0.0235. The fraction of sp³-hybridized carbons (Fsp3) is 0.125. The van der Waals surface area contributed by atoms with Crippen LogP contribution in [0.4, 0.5) is 17.2 Å². The number of nitrogens with zero attached hydrogens (tertiary/aromatic N) is 2. The largest absolute Gasteiger partial charge is 0.360 e. The van der Waals surface area contributed by atoms with Crippen LogP contribution in [-0.4, -0.2) is 18.6 Å². The summed E-state index contributed by atoms with van der Waals surface area (Å²) >= 11 is 5.94. The highest BCUT2D eigenvalue weighted by molar-refractivity contribution is 7.92. The number of halogens is 1. The van der Waals surface area contributed by atoms with Crippen LogP contribution in [0, 0.1) is 13.8 Å². The molecule has 9 heteroatoms. The molecule has 7 nitrogen and oxygen atoms in total. The predicted octanol–water partition coefficient (Wildman–Crippen LogP) is 3.88. The number of anilines is 3. The van der Waals surface area contributed by atoms with Gasteiger partial charge in [-0.3, -0.25) is 4.72 Å². The van der Waals surface area contributed by atoms with Gasteiger partial charge in [0.05, 0.1) is 11.9 Å². The van der Waals surface area contributed by atoms with Gasteiger partial charge >= 0.3 is 0 Å². The van der Waals surface area contributed by atoms with E-state index in [1.807, 2.05) is 12.1 Å². The third-order valence-electron chi connectivity index (χ3n) is 3.35. The lowest BCUT2D eigenvalue weighted by Crippen LogP contribution is -2.15. The summed E-state index contributed by atoms with van der Waals surface area (Å²) in [6.07, 6.45) is 1.52. The summed E-state index contributed by atoms with van der Waals surface area (Å²) in [6, 6.07) is 10.5. The van der Waals surface area contributed by atoms with Crippen molar-refractivity contribution in [3.05, 3.63) is 59.1 Å². The van der Waals surface area contributed by atoms with Crippen molar-refractivity contribution in [1.82, 2.24) is 10.1 Å². The van der Waals surface area contributed by atoms with Crippen molar-refractivity contribution in [1.29, 1.82) is 0 Å². The number of hydrogen-bond donors (Lipinski definition) is 2. The summed E-state index contributed by atoms with van der Waals surface area (Å²) in [5, 5.41) is 7.40. The van der Waals surface area contributed by atoms with Crippen LogP contribution in [0.25, 0.3) is 0 Å². The topological polar surface area (TPSA) is 97.1 Å². The number of pyridine rings is 1. The Hall–Kier alpha value is -2.58. The third-order valence-corrected chi connectivity index (χ3v) is 5.19. The second-order valence-corrected chi connectivity index (χ2v) is 7.38. The van der Waals surface area contributed by atoms with E-state index in [4.69, 9.17) is 16.1 Å². The van der Waals surface area contributed by atoms with Crippen LogP contribution in [-0.2, 0) is 10.0 Å². The smallest absolute Gasteiger partial charge is 0.268 e. The van der Waals surface area contributed by atoms with Crippen LogP contribution >= 0.6 is 11.6 Å². The lowest BCUT2D eigenvalue weighted by molar-refractivity contribution is 0.390. The molecule has 0 radical (unpaired) electrons. The van der Waals surface area contributed by atoms with Crippen molar-refractivity contribution in [2.24, 2.45) is 0 Å². The summed E-state index contributed by atoms with van der Waals surface area (Å²) < 4.78 is 32.2. The third kappa shape index (κ3) is 3.92. The normalized spacial score (nSPS) is 11.3. The zero-order valence-corrected chi connectivity index (χ0v) is 15.0. The first-order chi connectivity index (χ1) is 11.8. The Bertz CT molecular complexity index is 981. The molecule has 0 aliphatic heterocycles. The maximum Gasteiger partial charge on any atom is 0.268 e. The first kappa shape index (κ1) is 17.2. The number of benzene rings is 1. The zero-order valence-electron chi connectivity index (χ0n) is 13.4. The Morgan fingerprint density at radius 1 is 1.12 bits per heavy atom. The molecule has 0 saturated carbocycles. The Labute approximate surface area is 150 Å². The number of hydrogen-bond acceptors (Lipinski definition) is 6. The van der Waals surface area contributed by atoms with Crippen molar-refractivity contribution in [3.63, 3.8) is 0 Å². The SMILES string of the molecule is Cc1noc(C)c1S(=O)(=O)Nc1ccc(Nc2cccc(Cl)c2)cn1. The Morgan fingerprint density at radius 2 is 1.92 bits per heavy atom. The molecule has 0 aliphatic rings. The first-order valence-electron chi connectivity index (χ1n) is 7.29. The van der Waals surface area contributed by atoms with E-state index in [0.717, 1.165) is 5.69 Å². The molecule has 130 valence electrons. The Kier molecular flexibility index (Phi) is 4.65. The highest BCUT2D eigenvalue weighted by Gasteiger charge is 2.24. The van der Waals surface area contributed by atoms with Gasteiger partial charge in [-0.25, -0.2) is 13.4 Å². The first-order valence-corrected chi connectivity index (χ1v) is 9.15. The highest BCUT2D eigenvalue weighted by Crippen LogP contribution is 2.23. The van der Waals surface area contributed by atoms with E-state index in [-0.39, 0.29) is 16.5 Å². The van der Waals surface area contributed by atoms with Gasteiger partial charge in [0.25, 0.3) is 10.0 Å². The number of sulfonamides is 1. The number of aromatic nitrogens is 2. The van der Waals surface area contributed by atoms with E-state index >= 15 is 0 Å². The molecule has 0 amide bonds. The molecule has 0 unspecified atom stereocenters. The van der Waals surface area contributed by atoms with E-state index in [1.165, 1.54) is 6.20 Å². The predicted molar refractivity (Wildman–Crippen MR) is 95.8 cm³/mol. The van der Waals surface area contributed by atoms with Gasteiger partial charge in [-0.1, -0.05) is 22.8 Å². The lowest BCUT2D eigenvalue weighted by Gasteiger charge is -2.09. The van der Waals surface area contributed by atoms with Crippen LogP contribution in [0.3, 0.4) is 0 Å². The van der Waals surface area contributed by atoms with Crippen LogP contribution < -0.4 is 10.0 Å². The minimum atomic E-state index is -3.82. The molecule has 2 aromatic heterocycles. The molecule has 0 saturated heterocycles. The average Bonchev–Trinajstić information content (AvgIpc) is 2.89. The fourth-order valence-electron chi connectivity index (χ4n) is 2.31. The van der Waals surface area contributed by atoms with Crippen molar-refractivity contribution in [3.8, 4) is 0 Å². The van der Waals surface area contributed by atoms with Crippen LogP contribution in [0.2, 0.25) is 5.02 Å². The van der Waals surface area contributed by atoms with Gasteiger partial charge in [0.1, 0.15) is 11.5 Å². The van der Waals surface area contributed by atoms with Crippen molar-refractivity contribution in [2.75, 3.05) is 10.0 Å². The fourth-order valence-corrected chi connectivity index (χ4v) is 3.84. The van der Waals surface area contributed by atoms with E-state index in [0.29, 0.717) is 16.4 Å². The summed E-state index contributed by atoms with van der Waals surface area (Å²) in [5.74, 6) is 0.417. The van der Waals surface area contributed by atoms with Crippen LogP contribution in [0.15, 0.2) is 52.0 Å². The van der Waals surface area contributed by atoms with Crippen molar-refractivity contribution in [2.45, 2.75) is 18.7 Å². The summed E-state index contributed by atoms with van der Waals surface area (Å²) in [6.45, 7) is 3.11. The summed E-state index contributed by atoms with van der Waals surface area (Å²) in [7, 11) is -3.82. The van der Waals surface area contributed by atoms with E-state index < -0.39 is 10.0 Å². The van der Waals surface area contributed by atoms with Gasteiger partial charge in [-0.05, 0) is 44.2 Å². The van der Waals surface area contributed by atoms with Crippen molar-refractivity contribution < 1.29 is 12.9 Å². The molecular formula is C16H15ClN4O3S. The van der Waals surface area contributed by atoms with Gasteiger partial charge < -0.3 is 9.84 Å². The molecule has 0 bridgehead atoms. The van der Waals surface area contributed by atoms with Gasteiger partial charge in [-0.2, -0.15) is 0 Å². The second-order valence-electron chi connectivity index (χ2n) is 5.33. The molecule has 0 atom stereocenters. The summed E-state index contributed by atoms with van der Waals surface area (Å²) in [5.41, 5.74) is 1.80. The maximum atomic E-state index is 12.4. The van der Waals surface area contributed by atoms with E-state index in [2.05, 4.69) is 20.2 Å². The van der Waals surface area contributed by atoms with Gasteiger partial charge in [0.15, 0.2) is 10.7 Å². The second kappa shape index (κ2) is 6.73. The standard InChI is InChI=1S/C16H15ClN4O3S/c1-10-16(11(2)24-20-10)25(22,23)21-15-7-6-14(9-18-15)19-13-5-3-4-12(17)8-13/h3-9,19H,1-2H3,(H,18,21). The zero-order chi connectivity index (χ0) is 18.0. The van der Waals surface area contributed by atoms with Gasteiger partial charge in [-0.15, -0.1) is 0 Å². The molecule has 0 fully saturated rings. The maximum absolute atomic E-state index is 12.4. The average molecular weight is 379 g/mol. The quantitative estimate of drug-likeness (QED) is 0.699. The highest BCUT2D eigenvalue weighted by atomic mass is 35.5. The van der Waals surface area contributed by atoms with Crippen LogP contribution in [0.1, 0.15) is 11.5 Å². The summed E-state index contributed by atoms with van der Waals surface area (Å²) in [4.78, 5) is 4.14. The van der Waals surface area contributed by atoms with Crippen LogP contribution in [0.5, 0.6) is 0 Å². The van der Waals surface area contributed by atoms with Gasteiger partial charge in [0, 0.05) is 10.7 Å². The molecule has 2 N–H and O–H groups in total. The molecule has 25 heavy (non-hydrogen) atoms. The number of nitrogens with one attached hydrogen (secondary N) is 2. The molecule has 3 aromatic rings. The molecule has 2 heterocycles. The number of rotatable bonds is 5. The molecule has 0 spiro atoms. The van der Waals surface area contributed by atoms with E-state index in [1.54, 1.807) is 38.1 Å². The number of aryl methyl sites for hydroxylation is 2. The van der Waals surface area contributed by atoms with Gasteiger partial charge in [0.2, 0.25) is 0 Å².